The van der Waals surface area contributed by atoms with E-state index in [9.17, 15) is 0 Å². The van der Waals surface area contributed by atoms with Crippen LogP contribution in [0.5, 0.6) is 0 Å². The second kappa shape index (κ2) is 6.57. The van der Waals surface area contributed by atoms with E-state index < -0.39 is 0 Å². The first kappa shape index (κ1) is 7.57. The molecule has 8 heavy (non-hydrogen) atoms. The molecule has 0 bridgehead atoms. The minimum absolute atomic E-state index is 0.577. The fourth-order valence-corrected chi connectivity index (χ4v) is 0.385. The van der Waals surface area contributed by atoms with Crippen LogP contribution in [0.15, 0.2) is 24.4 Å². The average molecular weight is 132 g/mol. The Morgan fingerprint density at radius 2 is 2.25 bits per heavy atom. The zero-order chi connectivity index (χ0) is 6.24. The topological polar surface area (TPSA) is 12.0 Å². The Hall–Kier alpha value is -0.430. The van der Waals surface area contributed by atoms with Gasteiger partial charge in [0.25, 0.3) is 0 Å². The first-order chi connectivity index (χ1) is 3.91. The summed E-state index contributed by atoms with van der Waals surface area (Å²) in [7, 11) is 1.85. The van der Waals surface area contributed by atoms with Crippen LogP contribution in [0.4, 0.5) is 0 Å². The van der Waals surface area contributed by atoms with Crippen LogP contribution in [0.1, 0.15) is 0 Å². The Morgan fingerprint density at radius 3 is 2.75 bits per heavy atom. The van der Waals surface area contributed by atoms with Gasteiger partial charge in [-0.3, -0.25) is 0 Å². The second-order valence-corrected chi connectivity index (χ2v) is 1.54. The van der Waals surface area contributed by atoms with Crippen molar-refractivity contribution in [2.24, 2.45) is 0 Å². The van der Waals surface area contributed by atoms with Crippen molar-refractivity contribution in [1.29, 1.82) is 0 Å². The Balaban J connectivity index is 3.13. The van der Waals surface area contributed by atoms with E-state index in [1.165, 1.54) is 0 Å². The molecule has 0 amide bonds. The third-order valence-corrected chi connectivity index (χ3v) is 0.777. The first-order valence-electron chi connectivity index (χ1n) is 2.46. The van der Waals surface area contributed by atoms with E-state index in [1.54, 1.807) is 0 Å². The van der Waals surface area contributed by atoms with Gasteiger partial charge < -0.3 is 5.32 Å². The van der Waals surface area contributed by atoms with Crippen molar-refractivity contribution >= 4 is 11.6 Å². The molecule has 0 radical (unpaired) electrons. The van der Waals surface area contributed by atoms with Crippen LogP contribution in [0.3, 0.4) is 0 Å². The maximum absolute atomic E-state index is 5.34. The molecule has 1 nitrogen and oxygen atoms in total. The third-order valence-electron chi connectivity index (χ3n) is 0.599. The predicted octanol–water partition coefficient (Wildman–Crippen LogP) is 1.51. The van der Waals surface area contributed by atoms with Gasteiger partial charge in [0, 0.05) is 12.9 Å². The van der Waals surface area contributed by atoms with Crippen molar-refractivity contribution in [3.63, 3.8) is 0 Å². The fourth-order valence-electron chi connectivity index (χ4n) is 0.282. The fraction of sp³-hybridized carbons (Fsp3) is 0.333. The lowest BCUT2D eigenvalue weighted by Crippen LogP contribution is -1.89. The van der Waals surface area contributed by atoms with Gasteiger partial charge in [0.15, 0.2) is 0 Å². The van der Waals surface area contributed by atoms with Gasteiger partial charge in [-0.1, -0.05) is 12.2 Å². The summed E-state index contributed by atoms with van der Waals surface area (Å²) in [5.74, 6) is 0.577. The number of halogens is 1. The summed E-state index contributed by atoms with van der Waals surface area (Å²) in [5, 5.41) is 2.85. The minimum atomic E-state index is 0.577. The number of allylic oxidation sites excluding steroid dienone is 3. The van der Waals surface area contributed by atoms with Gasteiger partial charge in [-0.15, -0.1) is 11.6 Å². The van der Waals surface area contributed by atoms with E-state index >= 15 is 0 Å². The molecule has 0 rings (SSSR count). The van der Waals surface area contributed by atoms with E-state index in [0.29, 0.717) is 5.88 Å². The van der Waals surface area contributed by atoms with Gasteiger partial charge in [0.05, 0.1) is 0 Å². The van der Waals surface area contributed by atoms with Gasteiger partial charge in [-0.05, 0) is 12.3 Å². The van der Waals surface area contributed by atoms with Crippen molar-refractivity contribution < 1.29 is 0 Å². The summed E-state index contributed by atoms with van der Waals surface area (Å²) in [6.07, 6.45) is 7.49. The highest BCUT2D eigenvalue weighted by Gasteiger charge is 1.61. The molecule has 0 aromatic carbocycles. The van der Waals surface area contributed by atoms with E-state index in [0.717, 1.165) is 0 Å². The lowest BCUT2D eigenvalue weighted by molar-refractivity contribution is 1.10. The largest absolute Gasteiger partial charge is 0.394 e. The highest BCUT2D eigenvalue weighted by Crippen LogP contribution is 1.77. The predicted molar refractivity (Wildman–Crippen MR) is 38.1 cm³/mol. The lowest BCUT2D eigenvalue weighted by atomic mass is 10.5. The Kier molecular flexibility index (Phi) is 6.22. The molecule has 0 aromatic rings. The van der Waals surface area contributed by atoms with E-state index in [2.05, 4.69) is 5.32 Å². The van der Waals surface area contributed by atoms with E-state index in [-0.39, 0.29) is 0 Å². The molecule has 0 saturated heterocycles. The van der Waals surface area contributed by atoms with Crippen LogP contribution in [0, 0.1) is 0 Å². The average Bonchev–Trinajstić information content (AvgIpc) is 1.81. The Morgan fingerprint density at radius 1 is 1.50 bits per heavy atom. The molecule has 0 atom stereocenters. The van der Waals surface area contributed by atoms with Crippen LogP contribution in [0.25, 0.3) is 0 Å². The van der Waals surface area contributed by atoms with Crippen LogP contribution in [-0.4, -0.2) is 12.9 Å². The summed E-state index contributed by atoms with van der Waals surface area (Å²) in [4.78, 5) is 0. The summed E-state index contributed by atoms with van der Waals surface area (Å²) >= 11 is 5.34. The van der Waals surface area contributed by atoms with Crippen molar-refractivity contribution in [3.8, 4) is 0 Å². The van der Waals surface area contributed by atoms with Crippen LogP contribution in [-0.2, 0) is 0 Å². The van der Waals surface area contributed by atoms with Gasteiger partial charge in [-0.25, -0.2) is 0 Å². The van der Waals surface area contributed by atoms with Crippen molar-refractivity contribution in [3.05, 3.63) is 24.4 Å². The van der Waals surface area contributed by atoms with E-state index in [4.69, 9.17) is 11.6 Å². The maximum Gasteiger partial charge on any atom is 0.0407 e. The molecule has 0 saturated carbocycles. The molecule has 0 aliphatic carbocycles. The van der Waals surface area contributed by atoms with Gasteiger partial charge in [0.2, 0.25) is 0 Å². The number of alkyl halides is 1. The lowest BCUT2D eigenvalue weighted by Gasteiger charge is -1.78. The SMILES string of the molecule is CN/C=C\C=C/CCl. The normalized spacial score (nSPS) is 11.2. The molecule has 0 heterocycles. The number of hydrogen-bond acceptors (Lipinski definition) is 1. The standard InChI is InChI=1S/C6H10ClN/c1-8-6-4-2-3-5-7/h2-4,6,8H,5H2,1H3/b3-2-,6-4-. The molecular formula is C6H10ClN. The van der Waals surface area contributed by atoms with Crippen molar-refractivity contribution in [1.82, 2.24) is 5.32 Å². The minimum Gasteiger partial charge on any atom is -0.394 e. The van der Waals surface area contributed by atoms with Crippen LogP contribution in [0.2, 0.25) is 0 Å². The van der Waals surface area contributed by atoms with Crippen LogP contribution < -0.4 is 5.32 Å². The van der Waals surface area contributed by atoms with Gasteiger partial charge >= 0.3 is 0 Å². The van der Waals surface area contributed by atoms with Crippen molar-refractivity contribution in [2.45, 2.75) is 0 Å². The Bertz CT molecular complexity index is 74.5. The number of hydrogen-bond donors (Lipinski definition) is 1. The smallest absolute Gasteiger partial charge is 0.0407 e. The zero-order valence-corrected chi connectivity index (χ0v) is 5.65. The third kappa shape index (κ3) is 5.57. The molecule has 0 aliphatic heterocycles. The summed E-state index contributed by atoms with van der Waals surface area (Å²) in [5.41, 5.74) is 0. The van der Waals surface area contributed by atoms with E-state index in [1.807, 2.05) is 31.5 Å². The number of rotatable bonds is 3. The molecule has 0 aliphatic rings. The summed E-state index contributed by atoms with van der Waals surface area (Å²) < 4.78 is 0. The maximum atomic E-state index is 5.34. The summed E-state index contributed by atoms with van der Waals surface area (Å²) in [6, 6.07) is 0. The first-order valence-corrected chi connectivity index (χ1v) is 3.00. The molecular weight excluding hydrogens is 122 g/mol. The highest BCUT2D eigenvalue weighted by molar-refractivity contribution is 6.18. The molecule has 0 aromatic heterocycles. The van der Waals surface area contributed by atoms with Crippen molar-refractivity contribution in [2.75, 3.05) is 12.9 Å². The molecule has 1 N–H and O–H groups in total. The second-order valence-electron chi connectivity index (χ2n) is 1.23. The molecule has 0 fully saturated rings. The molecule has 0 unspecified atom stereocenters. The van der Waals surface area contributed by atoms with Crippen LogP contribution >= 0.6 is 11.6 Å². The molecule has 2 heteroatoms. The van der Waals surface area contributed by atoms with Gasteiger partial charge in [-0.2, -0.15) is 0 Å². The number of nitrogens with one attached hydrogen (secondary N) is 1. The molecule has 46 valence electrons. The molecule has 0 spiro atoms. The highest BCUT2D eigenvalue weighted by atomic mass is 35.5. The summed E-state index contributed by atoms with van der Waals surface area (Å²) in [6.45, 7) is 0. The van der Waals surface area contributed by atoms with Gasteiger partial charge in [0.1, 0.15) is 0 Å². The monoisotopic (exact) mass is 131 g/mol. The Labute approximate surface area is 55.0 Å². The zero-order valence-electron chi connectivity index (χ0n) is 4.89. The quantitative estimate of drug-likeness (QED) is 0.452.